The molecule has 1 aromatic rings. The van der Waals surface area contributed by atoms with Gasteiger partial charge in [-0.1, -0.05) is 6.07 Å². The third-order valence-corrected chi connectivity index (χ3v) is 3.24. The second-order valence-corrected chi connectivity index (χ2v) is 4.53. The summed E-state index contributed by atoms with van der Waals surface area (Å²) in [6, 6.07) is 3.98. The van der Waals surface area contributed by atoms with Crippen LogP contribution in [0.2, 0.25) is 0 Å². The highest BCUT2D eigenvalue weighted by atomic mass is 16.4. The molecule has 1 aromatic carbocycles. The van der Waals surface area contributed by atoms with E-state index in [0.717, 1.165) is 10.5 Å². The minimum absolute atomic E-state index is 0.105. The fourth-order valence-electron chi connectivity index (χ4n) is 1.89. The summed E-state index contributed by atoms with van der Waals surface area (Å²) in [6.45, 7) is 1.44. The van der Waals surface area contributed by atoms with Gasteiger partial charge in [-0.2, -0.15) is 0 Å². The van der Waals surface area contributed by atoms with Crippen molar-refractivity contribution in [2.75, 3.05) is 12.4 Å². The Morgan fingerprint density at radius 3 is 2.74 bits per heavy atom. The molecule has 6 heteroatoms. The summed E-state index contributed by atoms with van der Waals surface area (Å²) in [5, 5.41) is 11.5. The molecular weight excluding hydrogens is 248 g/mol. The minimum atomic E-state index is -1.06. The Hall–Kier alpha value is -2.37. The van der Waals surface area contributed by atoms with Gasteiger partial charge < -0.3 is 15.3 Å². The van der Waals surface area contributed by atoms with Crippen molar-refractivity contribution < 1.29 is 19.5 Å². The Morgan fingerprint density at radius 2 is 2.11 bits per heavy atom. The average Bonchev–Trinajstić information content (AvgIpc) is 2.74. The molecule has 0 bridgehead atoms. The smallest absolute Gasteiger partial charge is 0.326 e. The number of amides is 2. The van der Waals surface area contributed by atoms with Crippen LogP contribution in [-0.2, 0) is 16.0 Å². The normalized spacial score (nSPS) is 14.5. The molecule has 0 saturated carbocycles. The number of fused-ring (bicyclic) bond motifs is 1. The highest BCUT2D eigenvalue weighted by Gasteiger charge is 2.24. The van der Waals surface area contributed by atoms with Crippen molar-refractivity contribution in [1.82, 2.24) is 4.90 Å². The Balaban J connectivity index is 2.24. The molecule has 2 amide bonds. The number of benzene rings is 1. The van der Waals surface area contributed by atoms with Gasteiger partial charge in [-0.25, -0.2) is 4.79 Å². The third-order valence-electron chi connectivity index (χ3n) is 3.24. The zero-order valence-corrected chi connectivity index (χ0v) is 10.6. The summed E-state index contributed by atoms with van der Waals surface area (Å²) in [5.74, 6) is -1.56. The number of likely N-dealkylation sites (N-methyl/N-ethyl adjacent to an activating group) is 1. The zero-order valence-electron chi connectivity index (χ0n) is 10.6. The number of hydrogen-bond donors (Lipinski definition) is 2. The summed E-state index contributed by atoms with van der Waals surface area (Å²) in [6.07, 6.45) is 0.311. The molecular formula is C13H14N2O4. The lowest BCUT2D eigenvalue weighted by Gasteiger charge is -2.21. The maximum absolute atomic E-state index is 12.1. The monoisotopic (exact) mass is 262 g/mol. The first-order valence-corrected chi connectivity index (χ1v) is 5.83. The van der Waals surface area contributed by atoms with E-state index in [0.29, 0.717) is 17.7 Å². The van der Waals surface area contributed by atoms with Crippen LogP contribution in [0.5, 0.6) is 0 Å². The quantitative estimate of drug-likeness (QED) is 0.840. The van der Waals surface area contributed by atoms with Gasteiger partial charge in [0.2, 0.25) is 5.91 Å². The lowest BCUT2D eigenvalue weighted by atomic mass is 10.1. The van der Waals surface area contributed by atoms with Crippen LogP contribution >= 0.6 is 0 Å². The van der Waals surface area contributed by atoms with Gasteiger partial charge in [-0.3, -0.25) is 9.59 Å². The molecule has 100 valence electrons. The number of carbonyl (C=O) groups excluding carboxylic acids is 2. The molecule has 2 rings (SSSR count). The third kappa shape index (κ3) is 2.42. The van der Waals surface area contributed by atoms with Gasteiger partial charge >= 0.3 is 5.97 Å². The SMILES string of the molecule is CC(C(=O)O)N(C)C(=O)c1ccc2c(c1)NC(=O)C2. The molecule has 6 nitrogen and oxygen atoms in total. The Morgan fingerprint density at radius 1 is 1.42 bits per heavy atom. The van der Waals surface area contributed by atoms with Gasteiger partial charge in [0.25, 0.3) is 5.91 Å². The number of carbonyl (C=O) groups is 3. The van der Waals surface area contributed by atoms with E-state index in [9.17, 15) is 14.4 Å². The van der Waals surface area contributed by atoms with Crippen LogP contribution in [0.25, 0.3) is 0 Å². The fraction of sp³-hybridized carbons (Fsp3) is 0.308. The lowest BCUT2D eigenvalue weighted by molar-refractivity contribution is -0.141. The van der Waals surface area contributed by atoms with Crippen molar-refractivity contribution in [2.45, 2.75) is 19.4 Å². The summed E-state index contributed by atoms with van der Waals surface area (Å²) in [7, 11) is 1.44. The molecule has 1 unspecified atom stereocenters. The highest BCUT2D eigenvalue weighted by Crippen LogP contribution is 2.24. The second-order valence-electron chi connectivity index (χ2n) is 4.53. The van der Waals surface area contributed by atoms with Crippen molar-refractivity contribution in [3.8, 4) is 0 Å². The van der Waals surface area contributed by atoms with Gasteiger partial charge in [0, 0.05) is 18.3 Å². The predicted octanol–water partition coefficient (Wildman–Crippen LogP) is 0.726. The van der Waals surface area contributed by atoms with Crippen LogP contribution in [0.15, 0.2) is 18.2 Å². The average molecular weight is 262 g/mol. The molecule has 0 aliphatic carbocycles. The van der Waals surface area contributed by atoms with Crippen molar-refractivity contribution in [2.24, 2.45) is 0 Å². The number of hydrogen-bond acceptors (Lipinski definition) is 3. The van der Waals surface area contributed by atoms with Crippen LogP contribution in [0, 0.1) is 0 Å². The Kier molecular flexibility index (Phi) is 3.25. The molecule has 2 N–H and O–H groups in total. The summed E-state index contributed by atoms with van der Waals surface area (Å²) in [4.78, 5) is 35.4. The van der Waals surface area contributed by atoms with Crippen LogP contribution in [0.3, 0.4) is 0 Å². The van der Waals surface area contributed by atoms with Gasteiger partial charge in [-0.05, 0) is 24.6 Å². The molecule has 0 aromatic heterocycles. The first-order valence-electron chi connectivity index (χ1n) is 5.83. The largest absolute Gasteiger partial charge is 0.480 e. The highest BCUT2D eigenvalue weighted by molar-refractivity contribution is 6.02. The molecule has 0 saturated heterocycles. The van der Waals surface area contributed by atoms with E-state index in [1.807, 2.05) is 0 Å². The number of carboxylic acid groups (broad SMARTS) is 1. The van der Waals surface area contributed by atoms with E-state index in [4.69, 9.17) is 5.11 Å². The first-order chi connectivity index (χ1) is 8.90. The number of nitrogens with one attached hydrogen (secondary N) is 1. The molecule has 19 heavy (non-hydrogen) atoms. The van der Waals surface area contributed by atoms with Crippen LogP contribution < -0.4 is 5.32 Å². The maximum Gasteiger partial charge on any atom is 0.326 e. The lowest BCUT2D eigenvalue weighted by Crippen LogP contribution is -2.40. The predicted molar refractivity (Wildman–Crippen MR) is 68.0 cm³/mol. The number of rotatable bonds is 3. The summed E-state index contributed by atoms with van der Waals surface area (Å²) < 4.78 is 0. The van der Waals surface area contributed by atoms with Gasteiger partial charge in [0.05, 0.1) is 6.42 Å². The second kappa shape index (κ2) is 4.72. The molecule has 1 aliphatic heterocycles. The van der Waals surface area contributed by atoms with Crippen LogP contribution in [-0.4, -0.2) is 40.9 Å². The molecule has 0 spiro atoms. The van der Waals surface area contributed by atoms with Crippen LogP contribution in [0.4, 0.5) is 5.69 Å². The van der Waals surface area contributed by atoms with Crippen molar-refractivity contribution >= 4 is 23.5 Å². The number of anilines is 1. The van der Waals surface area contributed by atoms with Crippen molar-refractivity contribution in [1.29, 1.82) is 0 Å². The molecule has 0 radical (unpaired) electrons. The zero-order chi connectivity index (χ0) is 14.2. The number of carboxylic acids is 1. The van der Waals surface area contributed by atoms with Gasteiger partial charge in [-0.15, -0.1) is 0 Å². The molecule has 0 fully saturated rings. The van der Waals surface area contributed by atoms with Gasteiger partial charge in [0.1, 0.15) is 6.04 Å². The molecule has 1 aliphatic rings. The molecule has 1 heterocycles. The van der Waals surface area contributed by atoms with E-state index in [1.54, 1.807) is 18.2 Å². The number of nitrogens with zero attached hydrogens (tertiary/aromatic N) is 1. The maximum atomic E-state index is 12.1. The number of aliphatic carboxylic acids is 1. The van der Waals surface area contributed by atoms with Gasteiger partial charge in [0.15, 0.2) is 0 Å². The Labute approximate surface area is 110 Å². The summed E-state index contributed by atoms with van der Waals surface area (Å²) in [5.41, 5.74) is 1.82. The van der Waals surface area contributed by atoms with E-state index < -0.39 is 12.0 Å². The topological polar surface area (TPSA) is 86.7 Å². The van der Waals surface area contributed by atoms with E-state index in [1.165, 1.54) is 14.0 Å². The van der Waals surface area contributed by atoms with E-state index in [2.05, 4.69) is 5.32 Å². The Bertz CT molecular complexity index is 568. The van der Waals surface area contributed by atoms with Crippen molar-refractivity contribution in [3.05, 3.63) is 29.3 Å². The standard InChI is InChI=1S/C13H14N2O4/c1-7(13(18)19)15(2)12(17)9-4-3-8-6-11(16)14-10(8)5-9/h3-5,7H,6H2,1-2H3,(H,14,16)(H,18,19). The van der Waals surface area contributed by atoms with Crippen molar-refractivity contribution in [3.63, 3.8) is 0 Å². The summed E-state index contributed by atoms with van der Waals surface area (Å²) >= 11 is 0. The molecule has 1 atom stereocenters. The first kappa shape index (κ1) is 13.1. The van der Waals surface area contributed by atoms with Crippen LogP contribution in [0.1, 0.15) is 22.8 Å². The fourth-order valence-corrected chi connectivity index (χ4v) is 1.89. The minimum Gasteiger partial charge on any atom is -0.480 e. The van der Waals surface area contributed by atoms with E-state index in [-0.39, 0.29) is 11.8 Å². The van der Waals surface area contributed by atoms with E-state index >= 15 is 0 Å².